The van der Waals surface area contributed by atoms with Crippen LogP contribution in [-0.4, -0.2) is 49.3 Å². The molecule has 0 saturated carbocycles. The molecule has 1 saturated heterocycles. The van der Waals surface area contributed by atoms with Gasteiger partial charge in [-0.1, -0.05) is 84.0 Å². The molecule has 0 spiro atoms. The Morgan fingerprint density at radius 3 is 1.76 bits per heavy atom. The Morgan fingerprint density at radius 2 is 1.27 bits per heavy atom. The zero-order chi connectivity index (χ0) is 27.1. The first-order valence-corrected chi connectivity index (χ1v) is 15.3. The molecule has 4 rings (SSSR count). The van der Waals surface area contributed by atoms with Gasteiger partial charge in [0.15, 0.2) is 6.23 Å². The van der Waals surface area contributed by atoms with Crippen molar-refractivity contribution in [2.24, 2.45) is 0 Å². The van der Waals surface area contributed by atoms with Crippen molar-refractivity contribution >= 4 is 26.0 Å². The van der Waals surface area contributed by atoms with E-state index in [0.717, 1.165) is 10.5 Å². The van der Waals surface area contributed by atoms with Gasteiger partial charge in [-0.15, -0.1) is 0 Å². The summed E-state index contributed by atoms with van der Waals surface area (Å²) >= 11 is 0. The lowest BCUT2D eigenvalue weighted by molar-refractivity contribution is -0.165. The molecular weight excluding hydrogens is 484 g/mol. The van der Waals surface area contributed by atoms with E-state index in [0.29, 0.717) is 27.8 Å². The van der Waals surface area contributed by atoms with E-state index in [1.807, 2.05) is 37.3 Å². The minimum absolute atomic E-state index is 0.299. The van der Waals surface area contributed by atoms with Crippen LogP contribution in [0.15, 0.2) is 54.6 Å². The van der Waals surface area contributed by atoms with E-state index in [1.165, 1.54) is 0 Å². The molecule has 2 aliphatic rings. The van der Waals surface area contributed by atoms with Crippen molar-refractivity contribution in [2.75, 3.05) is 0 Å². The lowest BCUT2D eigenvalue weighted by Gasteiger charge is -2.47. The Morgan fingerprint density at radius 1 is 0.784 bits per heavy atom. The third-order valence-corrected chi connectivity index (χ3v) is 14.1. The van der Waals surface area contributed by atoms with E-state index in [9.17, 15) is 14.4 Å². The molecule has 1 fully saturated rings. The topological polar surface area (TPSA) is 84.9 Å². The molecule has 0 radical (unpaired) electrons. The molecule has 2 heterocycles. The van der Waals surface area contributed by atoms with Crippen molar-refractivity contribution in [1.29, 1.82) is 0 Å². The summed E-state index contributed by atoms with van der Waals surface area (Å²) < 4.78 is 13.4. The summed E-state index contributed by atoms with van der Waals surface area (Å²) in [4.78, 5) is 41.4. The fourth-order valence-electron chi connectivity index (χ4n) is 6.27. The van der Waals surface area contributed by atoms with Gasteiger partial charge in [-0.25, -0.2) is 0 Å². The maximum Gasteiger partial charge on any atom is 0.262 e. The molecule has 0 bridgehead atoms. The van der Waals surface area contributed by atoms with Crippen molar-refractivity contribution < 1.29 is 23.5 Å². The fourth-order valence-corrected chi connectivity index (χ4v) is 11.9. The van der Waals surface area contributed by atoms with Gasteiger partial charge in [-0.3, -0.25) is 19.3 Å². The van der Waals surface area contributed by atoms with Crippen LogP contribution in [0.5, 0.6) is 0 Å². The molecule has 2 aliphatic heterocycles. The second kappa shape index (κ2) is 10.5. The number of amides is 3. The van der Waals surface area contributed by atoms with Gasteiger partial charge in [0, 0.05) is 0 Å². The maximum atomic E-state index is 13.7. The Hall–Kier alpha value is -2.81. The highest BCUT2D eigenvalue weighted by Crippen LogP contribution is 2.44. The quantitative estimate of drug-likeness (QED) is 0.368. The molecule has 8 heteroatoms. The number of carbonyl (C=O) groups excluding carboxylic acids is 3. The molecule has 3 amide bonds. The molecule has 0 aliphatic carbocycles. The number of hydrogen-bond donors (Lipinski definition) is 1. The van der Waals surface area contributed by atoms with Crippen LogP contribution in [0, 0.1) is 0 Å². The summed E-state index contributed by atoms with van der Waals surface area (Å²) in [6.07, 6.45) is -1.98. The summed E-state index contributed by atoms with van der Waals surface area (Å²) in [6, 6.07) is 14.8. The monoisotopic (exact) mass is 522 g/mol. The first kappa shape index (κ1) is 27.2. The number of nitrogens with one attached hydrogen (secondary N) is 1. The molecule has 0 aromatic heterocycles. The molecular formula is C29H38N2O5Si. The molecule has 37 heavy (non-hydrogen) atoms. The average Bonchev–Trinajstić information content (AvgIpc) is 3.11. The molecule has 0 unspecified atom stereocenters. The van der Waals surface area contributed by atoms with E-state index < -0.39 is 50.5 Å². The number of carbonyl (C=O) groups is 3. The number of benzene rings is 2. The standard InChI is InChI=1S/C29H38N2O5Si/c1-17(2)37(18(3)4,19(5)6)36-20(7)27-30-26(32)24(25(35-27)21-13-9-8-10-14-21)31-28(33)22-15-11-12-16-23(22)29(31)34/h8-20,24-25,27H,1-7H3,(H,30,32)/t20-,24-,25+,27-/m0/s1. The third kappa shape index (κ3) is 4.66. The van der Waals surface area contributed by atoms with E-state index in [-0.39, 0.29) is 0 Å². The Balaban J connectivity index is 1.68. The summed E-state index contributed by atoms with van der Waals surface area (Å²) in [5, 5.41) is 2.94. The summed E-state index contributed by atoms with van der Waals surface area (Å²) in [7, 11) is -2.26. The minimum Gasteiger partial charge on any atom is -0.409 e. The highest BCUT2D eigenvalue weighted by Gasteiger charge is 2.52. The third-order valence-electron chi connectivity index (χ3n) is 7.89. The van der Waals surface area contributed by atoms with Crippen molar-refractivity contribution in [3.8, 4) is 0 Å². The SMILES string of the molecule is CC(C)[Si](O[C@@H](C)[C@H]1NC(=O)[C@@H](N2C(=O)c3ccccc3C2=O)[C@@H](c2ccccc2)O1)(C(C)C)C(C)C. The summed E-state index contributed by atoms with van der Waals surface area (Å²) in [6.45, 7) is 15.2. The Bertz CT molecular complexity index is 1110. The Labute approximate surface area is 220 Å². The number of rotatable bonds is 8. The zero-order valence-corrected chi connectivity index (χ0v) is 23.7. The van der Waals surface area contributed by atoms with Crippen molar-refractivity contribution in [1.82, 2.24) is 10.2 Å². The number of hydrogen-bond acceptors (Lipinski definition) is 5. The maximum absolute atomic E-state index is 13.7. The second-order valence-electron chi connectivity index (χ2n) is 11.0. The summed E-state index contributed by atoms with van der Waals surface area (Å²) in [5.41, 5.74) is 2.41. The number of imide groups is 1. The normalized spacial score (nSPS) is 23.1. The van der Waals surface area contributed by atoms with Crippen LogP contribution >= 0.6 is 0 Å². The minimum atomic E-state index is -2.26. The smallest absolute Gasteiger partial charge is 0.262 e. The molecule has 198 valence electrons. The number of ether oxygens (including phenoxy) is 1. The number of fused-ring (bicyclic) bond motifs is 1. The highest BCUT2D eigenvalue weighted by atomic mass is 28.4. The van der Waals surface area contributed by atoms with Gasteiger partial charge < -0.3 is 14.5 Å². The Kier molecular flexibility index (Phi) is 7.74. The van der Waals surface area contributed by atoms with E-state index in [1.54, 1.807) is 24.3 Å². The first-order chi connectivity index (χ1) is 17.5. The molecule has 4 atom stereocenters. The summed E-state index contributed by atoms with van der Waals surface area (Å²) in [5.74, 6) is -1.40. The fraction of sp³-hybridized carbons (Fsp3) is 0.483. The van der Waals surface area contributed by atoms with Crippen LogP contribution in [-0.2, 0) is 14.0 Å². The predicted molar refractivity (Wildman–Crippen MR) is 145 cm³/mol. The predicted octanol–water partition coefficient (Wildman–Crippen LogP) is 5.45. The van der Waals surface area contributed by atoms with Crippen LogP contribution in [0.25, 0.3) is 0 Å². The lowest BCUT2D eigenvalue weighted by atomic mass is 9.97. The van der Waals surface area contributed by atoms with E-state index >= 15 is 0 Å². The molecule has 2 aromatic carbocycles. The van der Waals surface area contributed by atoms with Crippen LogP contribution in [0.2, 0.25) is 16.6 Å². The van der Waals surface area contributed by atoms with Crippen molar-refractivity contribution in [3.05, 3.63) is 71.3 Å². The van der Waals surface area contributed by atoms with Gasteiger partial charge in [0.05, 0.1) is 17.2 Å². The van der Waals surface area contributed by atoms with Crippen LogP contribution in [0.3, 0.4) is 0 Å². The van der Waals surface area contributed by atoms with Gasteiger partial charge in [0.1, 0.15) is 12.1 Å². The van der Waals surface area contributed by atoms with Crippen LogP contribution < -0.4 is 5.32 Å². The zero-order valence-electron chi connectivity index (χ0n) is 22.7. The molecule has 7 nitrogen and oxygen atoms in total. The number of nitrogens with zero attached hydrogens (tertiary/aromatic N) is 1. The van der Waals surface area contributed by atoms with E-state index in [4.69, 9.17) is 9.16 Å². The van der Waals surface area contributed by atoms with Gasteiger partial charge in [0.2, 0.25) is 14.2 Å². The largest absolute Gasteiger partial charge is 0.409 e. The highest BCUT2D eigenvalue weighted by molar-refractivity contribution is 6.77. The molecule has 1 N–H and O–H groups in total. The second-order valence-corrected chi connectivity index (χ2v) is 16.4. The first-order valence-electron chi connectivity index (χ1n) is 13.2. The van der Waals surface area contributed by atoms with Gasteiger partial charge in [-0.05, 0) is 41.2 Å². The lowest BCUT2D eigenvalue weighted by Crippen LogP contribution is -2.63. The average molecular weight is 523 g/mol. The van der Waals surface area contributed by atoms with Crippen LogP contribution in [0.1, 0.15) is 80.8 Å². The van der Waals surface area contributed by atoms with Gasteiger partial charge in [-0.2, -0.15) is 0 Å². The van der Waals surface area contributed by atoms with Crippen molar-refractivity contribution in [3.63, 3.8) is 0 Å². The van der Waals surface area contributed by atoms with Crippen LogP contribution in [0.4, 0.5) is 0 Å². The molecule has 2 aromatic rings. The van der Waals surface area contributed by atoms with Crippen molar-refractivity contribution in [2.45, 2.75) is 89.6 Å². The van der Waals surface area contributed by atoms with Gasteiger partial charge >= 0.3 is 0 Å². The van der Waals surface area contributed by atoms with Gasteiger partial charge in [0.25, 0.3) is 11.8 Å². The van der Waals surface area contributed by atoms with E-state index in [2.05, 4.69) is 46.9 Å².